The van der Waals surface area contributed by atoms with Crippen LogP contribution in [0.4, 0.5) is 5.69 Å². The maximum Gasteiger partial charge on any atom is 0.260 e. The van der Waals surface area contributed by atoms with Crippen LogP contribution in [0.25, 0.3) is 21.3 Å². The highest BCUT2D eigenvalue weighted by atomic mass is 35.5. The first-order valence-corrected chi connectivity index (χ1v) is 10.4. The normalized spacial score (nSPS) is 11.3. The lowest BCUT2D eigenvalue weighted by atomic mass is 10.0. The van der Waals surface area contributed by atoms with E-state index in [9.17, 15) is 4.79 Å². The Morgan fingerprint density at radius 1 is 1.14 bits per heavy atom. The standard InChI is InChI=1S/C22H20ClN3OS/c1-13(2)14-6-5-7-15(10-14)24-11-19-25-21(27)20-17(12-28-22(20)26-19)16-8-3-4-9-18(16)23/h3-10,12-13,24H,11H2,1-2H3,(H,25,26,27). The van der Waals surface area contributed by atoms with Crippen molar-refractivity contribution in [3.8, 4) is 11.1 Å². The molecule has 0 aliphatic carbocycles. The highest BCUT2D eigenvalue weighted by Crippen LogP contribution is 2.34. The van der Waals surface area contributed by atoms with Crippen LogP contribution in [0.1, 0.15) is 31.2 Å². The summed E-state index contributed by atoms with van der Waals surface area (Å²) in [5, 5.41) is 6.50. The SMILES string of the molecule is CC(C)c1cccc(NCc2nc3scc(-c4ccccc4Cl)c3c(=O)[nH]2)c1. The Balaban J connectivity index is 1.63. The van der Waals surface area contributed by atoms with E-state index in [2.05, 4.69) is 41.3 Å². The number of hydrogen-bond acceptors (Lipinski definition) is 4. The number of benzene rings is 2. The minimum atomic E-state index is -0.145. The van der Waals surface area contributed by atoms with Crippen molar-refractivity contribution in [2.75, 3.05) is 5.32 Å². The molecule has 142 valence electrons. The zero-order chi connectivity index (χ0) is 19.7. The first kappa shape index (κ1) is 18.7. The topological polar surface area (TPSA) is 57.8 Å². The van der Waals surface area contributed by atoms with Gasteiger partial charge in [-0.3, -0.25) is 4.79 Å². The van der Waals surface area contributed by atoms with Crippen LogP contribution in [0.15, 0.2) is 58.7 Å². The maximum atomic E-state index is 12.8. The number of nitrogens with one attached hydrogen (secondary N) is 2. The molecule has 4 nitrogen and oxygen atoms in total. The number of thiophene rings is 1. The van der Waals surface area contributed by atoms with Crippen molar-refractivity contribution < 1.29 is 0 Å². The first-order valence-electron chi connectivity index (χ1n) is 9.12. The Kier molecular flexibility index (Phi) is 5.20. The quantitative estimate of drug-likeness (QED) is 0.422. The van der Waals surface area contributed by atoms with Crippen molar-refractivity contribution in [3.05, 3.63) is 80.7 Å². The fraction of sp³-hybridized carbons (Fsp3) is 0.182. The summed E-state index contributed by atoms with van der Waals surface area (Å²) < 4.78 is 0. The van der Waals surface area contributed by atoms with Gasteiger partial charge in [0, 0.05) is 27.2 Å². The highest BCUT2D eigenvalue weighted by Gasteiger charge is 2.14. The van der Waals surface area contributed by atoms with Gasteiger partial charge in [-0.05, 0) is 29.7 Å². The van der Waals surface area contributed by atoms with Gasteiger partial charge in [0.25, 0.3) is 5.56 Å². The van der Waals surface area contributed by atoms with Crippen LogP contribution in [0.5, 0.6) is 0 Å². The van der Waals surface area contributed by atoms with E-state index in [0.717, 1.165) is 16.8 Å². The molecular formula is C22H20ClN3OS. The average Bonchev–Trinajstić information content (AvgIpc) is 3.11. The summed E-state index contributed by atoms with van der Waals surface area (Å²) in [6.07, 6.45) is 0. The van der Waals surface area contributed by atoms with Crippen LogP contribution in [-0.4, -0.2) is 9.97 Å². The van der Waals surface area contributed by atoms with E-state index in [0.29, 0.717) is 33.5 Å². The van der Waals surface area contributed by atoms with E-state index in [-0.39, 0.29) is 5.56 Å². The van der Waals surface area contributed by atoms with Gasteiger partial charge in [0.15, 0.2) is 0 Å². The summed E-state index contributed by atoms with van der Waals surface area (Å²) >= 11 is 7.77. The zero-order valence-electron chi connectivity index (χ0n) is 15.6. The number of aromatic amines is 1. The van der Waals surface area contributed by atoms with Gasteiger partial charge in [-0.2, -0.15) is 0 Å². The van der Waals surface area contributed by atoms with Crippen molar-refractivity contribution in [1.82, 2.24) is 9.97 Å². The largest absolute Gasteiger partial charge is 0.378 e. The summed E-state index contributed by atoms with van der Waals surface area (Å²) in [5.74, 6) is 1.07. The third kappa shape index (κ3) is 3.68. The van der Waals surface area contributed by atoms with Crippen molar-refractivity contribution in [2.24, 2.45) is 0 Å². The molecule has 0 unspecified atom stereocenters. The molecule has 2 aromatic heterocycles. The third-order valence-corrected chi connectivity index (χ3v) is 5.87. The predicted octanol–water partition coefficient (Wildman–Crippen LogP) is 6.04. The summed E-state index contributed by atoms with van der Waals surface area (Å²) in [4.78, 5) is 21.0. The van der Waals surface area contributed by atoms with Gasteiger partial charge in [-0.1, -0.05) is 55.8 Å². The second-order valence-corrected chi connectivity index (χ2v) is 8.22. The maximum absolute atomic E-state index is 12.8. The molecule has 0 atom stereocenters. The molecule has 2 N–H and O–H groups in total. The number of hydrogen-bond donors (Lipinski definition) is 2. The van der Waals surface area contributed by atoms with Gasteiger partial charge in [-0.15, -0.1) is 11.3 Å². The molecule has 0 amide bonds. The van der Waals surface area contributed by atoms with Crippen LogP contribution in [0.2, 0.25) is 5.02 Å². The molecule has 4 rings (SSSR count). The fourth-order valence-corrected chi connectivity index (χ4v) is 4.34. The Morgan fingerprint density at radius 3 is 2.75 bits per heavy atom. The molecule has 6 heteroatoms. The van der Waals surface area contributed by atoms with Gasteiger partial charge in [0.1, 0.15) is 10.7 Å². The molecule has 0 spiro atoms. The van der Waals surface area contributed by atoms with E-state index < -0.39 is 0 Å². The predicted molar refractivity (Wildman–Crippen MR) is 119 cm³/mol. The molecule has 0 saturated heterocycles. The lowest BCUT2D eigenvalue weighted by molar-refractivity contribution is 0.866. The first-order chi connectivity index (χ1) is 13.5. The van der Waals surface area contributed by atoms with Crippen LogP contribution < -0.4 is 10.9 Å². The Labute approximate surface area is 172 Å². The number of H-pyrrole nitrogens is 1. The Morgan fingerprint density at radius 2 is 1.96 bits per heavy atom. The minimum Gasteiger partial charge on any atom is -0.378 e. The van der Waals surface area contributed by atoms with Gasteiger partial charge in [0.05, 0.1) is 11.9 Å². The zero-order valence-corrected chi connectivity index (χ0v) is 17.2. The summed E-state index contributed by atoms with van der Waals surface area (Å²) in [6, 6.07) is 15.8. The van der Waals surface area contributed by atoms with E-state index in [1.165, 1.54) is 16.9 Å². The van der Waals surface area contributed by atoms with E-state index in [1.54, 1.807) is 0 Å². The number of fused-ring (bicyclic) bond motifs is 1. The molecular weight excluding hydrogens is 390 g/mol. The molecule has 2 heterocycles. The average molecular weight is 410 g/mol. The number of rotatable bonds is 5. The molecule has 2 aromatic carbocycles. The second-order valence-electron chi connectivity index (χ2n) is 6.96. The van der Waals surface area contributed by atoms with Crippen molar-refractivity contribution in [3.63, 3.8) is 0 Å². The van der Waals surface area contributed by atoms with Crippen LogP contribution in [0, 0.1) is 0 Å². The highest BCUT2D eigenvalue weighted by molar-refractivity contribution is 7.17. The fourth-order valence-electron chi connectivity index (χ4n) is 3.15. The molecule has 28 heavy (non-hydrogen) atoms. The van der Waals surface area contributed by atoms with Crippen molar-refractivity contribution in [1.29, 1.82) is 0 Å². The lowest BCUT2D eigenvalue weighted by Gasteiger charge is -2.10. The lowest BCUT2D eigenvalue weighted by Crippen LogP contribution is -2.14. The monoisotopic (exact) mass is 409 g/mol. The third-order valence-electron chi connectivity index (χ3n) is 4.67. The molecule has 4 aromatic rings. The van der Waals surface area contributed by atoms with Crippen molar-refractivity contribution in [2.45, 2.75) is 26.3 Å². The van der Waals surface area contributed by atoms with Gasteiger partial charge in [-0.25, -0.2) is 4.98 Å². The smallest absolute Gasteiger partial charge is 0.260 e. The van der Waals surface area contributed by atoms with Gasteiger partial charge >= 0.3 is 0 Å². The van der Waals surface area contributed by atoms with E-state index in [4.69, 9.17) is 11.6 Å². The van der Waals surface area contributed by atoms with Crippen LogP contribution >= 0.6 is 22.9 Å². The molecule has 0 saturated carbocycles. The molecule has 0 radical (unpaired) electrons. The van der Waals surface area contributed by atoms with Crippen LogP contribution in [0.3, 0.4) is 0 Å². The van der Waals surface area contributed by atoms with Gasteiger partial charge < -0.3 is 10.3 Å². The minimum absolute atomic E-state index is 0.145. The number of halogens is 1. The number of anilines is 1. The summed E-state index contributed by atoms with van der Waals surface area (Å²) in [7, 11) is 0. The van der Waals surface area contributed by atoms with E-state index >= 15 is 0 Å². The van der Waals surface area contributed by atoms with Gasteiger partial charge in [0.2, 0.25) is 0 Å². The van der Waals surface area contributed by atoms with Crippen molar-refractivity contribution >= 4 is 38.8 Å². The number of aromatic nitrogens is 2. The Bertz CT molecular complexity index is 1200. The molecule has 0 aliphatic heterocycles. The molecule has 0 bridgehead atoms. The molecule has 0 aliphatic rings. The summed E-state index contributed by atoms with van der Waals surface area (Å²) in [6.45, 7) is 4.78. The Hall–Kier alpha value is -2.63. The summed E-state index contributed by atoms with van der Waals surface area (Å²) in [5.41, 5.74) is 3.80. The second kappa shape index (κ2) is 7.78. The van der Waals surface area contributed by atoms with E-state index in [1.807, 2.05) is 41.8 Å². The van der Waals surface area contributed by atoms with Crippen LogP contribution in [-0.2, 0) is 6.54 Å². The number of nitrogens with zero attached hydrogens (tertiary/aromatic N) is 1. The molecule has 0 fully saturated rings.